The maximum atomic E-state index is 12.2. The average Bonchev–Trinajstić information content (AvgIpc) is 2.40. The number of carbonyl (C=O) groups is 2. The lowest BCUT2D eigenvalue weighted by molar-refractivity contribution is -0.134. The fourth-order valence-electron chi connectivity index (χ4n) is 2.85. The van der Waals surface area contributed by atoms with Crippen LogP contribution >= 0.6 is 0 Å². The smallest absolute Gasteiger partial charge is 0.404 e. The summed E-state index contributed by atoms with van der Waals surface area (Å²) in [5.74, 6) is 0.762. The molecule has 2 saturated heterocycles. The second kappa shape index (κ2) is 6.75. The summed E-state index contributed by atoms with van der Waals surface area (Å²) in [6, 6.07) is 0. The van der Waals surface area contributed by atoms with Crippen molar-refractivity contribution in [2.24, 2.45) is 11.7 Å². The molecule has 2 aliphatic heterocycles. The van der Waals surface area contributed by atoms with Crippen LogP contribution in [-0.2, 0) is 9.53 Å². The Morgan fingerprint density at radius 3 is 2.37 bits per heavy atom. The molecule has 0 bridgehead atoms. The number of piperidine rings is 2. The number of hydrogen-bond acceptors (Lipinski definition) is 4. The summed E-state index contributed by atoms with van der Waals surface area (Å²) in [5.41, 5.74) is 4.99. The number of likely N-dealkylation sites (tertiary alicyclic amines) is 1. The SMILES string of the molecule is NC(=O)OC1CCN(C(=O)CC2CCNCC2)CC1. The number of amides is 2. The highest BCUT2D eigenvalue weighted by Gasteiger charge is 2.26. The maximum Gasteiger partial charge on any atom is 0.404 e. The zero-order chi connectivity index (χ0) is 13.7. The van der Waals surface area contributed by atoms with E-state index in [1.165, 1.54) is 0 Å². The van der Waals surface area contributed by atoms with Gasteiger partial charge in [-0.15, -0.1) is 0 Å². The van der Waals surface area contributed by atoms with E-state index in [1.807, 2.05) is 4.90 Å². The Balaban J connectivity index is 1.71. The van der Waals surface area contributed by atoms with Gasteiger partial charge in [0.25, 0.3) is 0 Å². The van der Waals surface area contributed by atoms with Gasteiger partial charge in [0.05, 0.1) is 0 Å². The Kier molecular flexibility index (Phi) is 5.01. The lowest BCUT2D eigenvalue weighted by Gasteiger charge is -2.33. The number of rotatable bonds is 3. The predicted molar refractivity (Wildman–Crippen MR) is 70.5 cm³/mol. The number of hydrogen-bond donors (Lipinski definition) is 2. The monoisotopic (exact) mass is 269 g/mol. The number of nitrogens with zero attached hydrogens (tertiary/aromatic N) is 1. The third kappa shape index (κ3) is 4.38. The molecule has 0 atom stereocenters. The first kappa shape index (κ1) is 14.1. The van der Waals surface area contributed by atoms with Crippen LogP contribution < -0.4 is 11.1 Å². The molecule has 6 heteroatoms. The summed E-state index contributed by atoms with van der Waals surface area (Å²) < 4.78 is 4.96. The van der Waals surface area contributed by atoms with Gasteiger partial charge in [0, 0.05) is 32.4 Å². The first-order chi connectivity index (χ1) is 9.15. The van der Waals surface area contributed by atoms with Crippen molar-refractivity contribution >= 4 is 12.0 Å². The minimum absolute atomic E-state index is 0.125. The fraction of sp³-hybridized carbons (Fsp3) is 0.846. The van der Waals surface area contributed by atoms with E-state index in [9.17, 15) is 9.59 Å². The van der Waals surface area contributed by atoms with Crippen LogP contribution in [0, 0.1) is 5.92 Å². The van der Waals surface area contributed by atoms with Crippen molar-refractivity contribution in [3.63, 3.8) is 0 Å². The highest BCUT2D eigenvalue weighted by Crippen LogP contribution is 2.20. The van der Waals surface area contributed by atoms with Crippen molar-refractivity contribution in [1.29, 1.82) is 0 Å². The maximum absolute atomic E-state index is 12.2. The lowest BCUT2D eigenvalue weighted by Crippen LogP contribution is -2.43. The molecule has 2 fully saturated rings. The number of primary amides is 1. The first-order valence-electron chi connectivity index (χ1n) is 7.09. The van der Waals surface area contributed by atoms with Crippen molar-refractivity contribution in [3.8, 4) is 0 Å². The molecule has 2 amide bonds. The van der Waals surface area contributed by atoms with Crippen molar-refractivity contribution in [3.05, 3.63) is 0 Å². The van der Waals surface area contributed by atoms with E-state index in [4.69, 9.17) is 10.5 Å². The number of ether oxygens (including phenoxy) is 1. The van der Waals surface area contributed by atoms with Gasteiger partial charge in [-0.25, -0.2) is 4.79 Å². The van der Waals surface area contributed by atoms with Crippen LogP contribution in [0.1, 0.15) is 32.1 Å². The summed E-state index contributed by atoms with van der Waals surface area (Å²) in [6.45, 7) is 3.38. The van der Waals surface area contributed by atoms with Gasteiger partial charge in [0.1, 0.15) is 6.10 Å². The van der Waals surface area contributed by atoms with E-state index in [0.29, 0.717) is 38.3 Å². The van der Waals surface area contributed by atoms with Gasteiger partial charge in [-0.1, -0.05) is 0 Å². The third-order valence-corrected chi connectivity index (χ3v) is 4.00. The highest BCUT2D eigenvalue weighted by atomic mass is 16.6. The molecule has 19 heavy (non-hydrogen) atoms. The second-order valence-corrected chi connectivity index (χ2v) is 5.41. The summed E-state index contributed by atoms with van der Waals surface area (Å²) >= 11 is 0. The molecule has 0 radical (unpaired) electrons. The number of nitrogens with one attached hydrogen (secondary N) is 1. The molecule has 0 saturated carbocycles. The molecule has 3 N–H and O–H groups in total. The average molecular weight is 269 g/mol. The van der Waals surface area contributed by atoms with Gasteiger partial charge in [0.2, 0.25) is 5.91 Å². The molecular weight excluding hydrogens is 246 g/mol. The topological polar surface area (TPSA) is 84.7 Å². The molecular formula is C13H23N3O3. The van der Waals surface area contributed by atoms with Crippen LogP contribution in [0.4, 0.5) is 4.79 Å². The summed E-state index contributed by atoms with van der Waals surface area (Å²) in [4.78, 5) is 24.7. The Hall–Kier alpha value is -1.30. The van der Waals surface area contributed by atoms with Crippen LogP contribution in [-0.4, -0.2) is 49.2 Å². The van der Waals surface area contributed by atoms with E-state index in [1.54, 1.807) is 0 Å². The number of nitrogens with two attached hydrogens (primary N) is 1. The predicted octanol–water partition coefficient (Wildman–Crippen LogP) is 0.462. The minimum atomic E-state index is -0.723. The van der Waals surface area contributed by atoms with Crippen molar-refractivity contribution in [1.82, 2.24) is 10.2 Å². The molecule has 0 aromatic heterocycles. The van der Waals surface area contributed by atoms with Gasteiger partial charge >= 0.3 is 6.09 Å². The van der Waals surface area contributed by atoms with E-state index in [2.05, 4.69) is 5.32 Å². The largest absolute Gasteiger partial charge is 0.446 e. The number of carbonyl (C=O) groups excluding carboxylic acids is 2. The molecule has 2 heterocycles. The van der Waals surface area contributed by atoms with Crippen LogP contribution in [0.25, 0.3) is 0 Å². The minimum Gasteiger partial charge on any atom is -0.446 e. The van der Waals surface area contributed by atoms with Crippen LogP contribution in [0.2, 0.25) is 0 Å². The van der Waals surface area contributed by atoms with Gasteiger partial charge < -0.3 is 20.7 Å². The van der Waals surface area contributed by atoms with Gasteiger partial charge in [-0.3, -0.25) is 4.79 Å². The summed E-state index contributed by atoms with van der Waals surface area (Å²) in [5, 5.41) is 3.31. The van der Waals surface area contributed by atoms with Crippen LogP contribution in [0.15, 0.2) is 0 Å². The zero-order valence-electron chi connectivity index (χ0n) is 11.3. The first-order valence-corrected chi connectivity index (χ1v) is 7.09. The molecule has 0 aromatic carbocycles. The fourth-order valence-corrected chi connectivity index (χ4v) is 2.85. The van der Waals surface area contributed by atoms with E-state index in [-0.39, 0.29) is 12.0 Å². The quantitative estimate of drug-likeness (QED) is 0.779. The van der Waals surface area contributed by atoms with Crippen molar-refractivity contribution < 1.29 is 14.3 Å². The zero-order valence-corrected chi connectivity index (χ0v) is 11.3. The standard InChI is InChI=1S/C13H23N3O3/c14-13(18)19-11-3-7-16(8-4-11)12(17)9-10-1-5-15-6-2-10/h10-11,15H,1-9H2,(H2,14,18). The molecule has 0 aliphatic carbocycles. The third-order valence-electron chi connectivity index (χ3n) is 4.00. The van der Waals surface area contributed by atoms with Crippen molar-refractivity contribution in [2.45, 2.75) is 38.2 Å². The Labute approximate surface area is 113 Å². The van der Waals surface area contributed by atoms with Gasteiger partial charge in [0.15, 0.2) is 0 Å². The van der Waals surface area contributed by atoms with E-state index < -0.39 is 6.09 Å². The second-order valence-electron chi connectivity index (χ2n) is 5.41. The Morgan fingerprint density at radius 1 is 1.16 bits per heavy atom. The summed E-state index contributed by atoms with van der Waals surface area (Å²) in [7, 11) is 0. The highest BCUT2D eigenvalue weighted by molar-refractivity contribution is 5.76. The lowest BCUT2D eigenvalue weighted by atomic mass is 9.93. The normalized spacial score (nSPS) is 22.2. The van der Waals surface area contributed by atoms with Crippen LogP contribution in [0.5, 0.6) is 0 Å². The molecule has 0 aromatic rings. The molecule has 108 valence electrons. The Bertz CT molecular complexity index is 321. The molecule has 2 rings (SSSR count). The summed E-state index contributed by atoms with van der Waals surface area (Å²) in [6.07, 6.45) is 3.38. The van der Waals surface area contributed by atoms with E-state index >= 15 is 0 Å². The molecule has 2 aliphatic rings. The van der Waals surface area contributed by atoms with Crippen LogP contribution in [0.3, 0.4) is 0 Å². The molecule has 0 spiro atoms. The van der Waals surface area contributed by atoms with Crippen molar-refractivity contribution in [2.75, 3.05) is 26.2 Å². The van der Waals surface area contributed by atoms with Gasteiger partial charge in [-0.05, 0) is 31.8 Å². The van der Waals surface area contributed by atoms with Gasteiger partial charge in [-0.2, -0.15) is 0 Å². The Morgan fingerprint density at radius 2 is 1.79 bits per heavy atom. The molecule has 0 unspecified atom stereocenters. The molecule has 6 nitrogen and oxygen atoms in total. The van der Waals surface area contributed by atoms with E-state index in [0.717, 1.165) is 25.9 Å².